The average Bonchev–Trinajstić information content (AvgIpc) is 3.12. The third-order valence-electron chi connectivity index (χ3n) is 6.84. The Morgan fingerprint density at radius 1 is 0.750 bits per heavy atom. The molecule has 0 radical (unpaired) electrons. The molecule has 0 nitrogen and oxygen atoms in total. The Morgan fingerprint density at radius 3 is 1.58 bits per heavy atom. The SMILES string of the molecule is C[Si](C)(C1CCC2CC=CC=C21)C1CCC2CC=CC=C21.[Cl-].[Cl-].[Zr+2]. The van der Waals surface area contributed by atoms with Crippen molar-refractivity contribution in [1.29, 1.82) is 0 Å². The molecule has 4 heteroatoms. The molecule has 0 heterocycles. The minimum Gasteiger partial charge on any atom is -1.00 e. The van der Waals surface area contributed by atoms with Gasteiger partial charge in [-0.25, -0.2) is 0 Å². The molecular weight excluding hydrogens is 430 g/mol. The zero-order valence-electron chi connectivity index (χ0n) is 14.8. The van der Waals surface area contributed by atoms with Gasteiger partial charge in [-0.15, -0.1) is 0 Å². The Balaban J connectivity index is 0.000000960. The van der Waals surface area contributed by atoms with E-state index < -0.39 is 8.07 Å². The average molecular weight is 459 g/mol. The zero-order chi connectivity index (χ0) is 14.4. The molecule has 0 saturated heterocycles. The molecule has 4 atom stereocenters. The predicted molar refractivity (Wildman–Crippen MR) is 94.1 cm³/mol. The Hall–Kier alpha value is 0.640. The molecule has 130 valence electrons. The molecule has 0 aromatic carbocycles. The topological polar surface area (TPSA) is 0 Å². The largest absolute Gasteiger partial charge is 2.00 e. The summed E-state index contributed by atoms with van der Waals surface area (Å²) in [4.78, 5) is 0. The van der Waals surface area contributed by atoms with Gasteiger partial charge in [0.2, 0.25) is 0 Å². The normalized spacial score (nSPS) is 33.2. The van der Waals surface area contributed by atoms with Gasteiger partial charge >= 0.3 is 26.2 Å². The van der Waals surface area contributed by atoms with Crippen LogP contribution in [-0.4, -0.2) is 8.07 Å². The molecule has 4 aliphatic carbocycles. The van der Waals surface area contributed by atoms with Crippen LogP contribution in [0.2, 0.25) is 24.2 Å². The van der Waals surface area contributed by atoms with E-state index in [1.807, 2.05) is 11.1 Å². The summed E-state index contributed by atoms with van der Waals surface area (Å²) in [5.74, 6) is 1.79. The summed E-state index contributed by atoms with van der Waals surface area (Å²) in [7, 11) is -1.26. The summed E-state index contributed by atoms with van der Waals surface area (Å²) >= 11 is 0. The van der Waals surface area contributed by atoms with Crippen LogP contribution in [0.25, 0.3) is 0 Å². The van der Waals surface area contributed by atoms with Gasteiger partial charge in [0, 0.05) is 0 Å². The first-order valence-corrected chi connectivity index (χ1v) is 12.1. The van der Waals surface area contributed by atoms with Crippen LogP contribution in [0, 0.1) is 11.8 Å². The molecule has 0 aliphatic heterocycles. The molecule has 4 unspecified atom stereocenters. The van der Waals surface area contributed by atoms with Gasteiger partial charge in [-0.1, -0.05) is 60.7 Å². The molecule has 0 aromatic rings. The second kappa shape index (κ2) is 9.03. The van der Waals surface area contributed by atoms with Crippen LogP contribution >= 0.6 is 0 Å². The van der Waals surface area contributed by atoms with Crippen molar-refractivity contribution in [1.82, 2.24) is 0 Å². The fourth-order valence-corrected chi connectivity index (χ4v) is 10.4. The van der Waals surface area contributed by atoms with Crippen LogP contribution in [0.15, 0.2) is 47.6 Å². The maximum Gasteiger partial charge on any atom is 2.00 e. The van der Waals surface area contributed by atoms with Crippen molar-refractivity contribution in [3.8, 4) is 0 Å². The summed E-state index contributed by atoms with van der Waals surface area (Å²) in [6.45, 7) is 5.40. The van der Waals surface area contributed by atoms with Gasteiger partial charge in [0.05, 0.1) is 8.07 Å². The first-order chi connectivity index (χ1) is 10.2. The number of hydrogen-bond acceptors (Lipinski definition) is 0. The third kappa shape index (κ3) is 3.83. The number of allylic oxidation sites excluding steroid dienone is 8. The molecule has 24 heavy (non-hydrogen) atoms. The van der Waals surface area contributed by atoms with E-state index >= 15 is 0 Å². The van der Waals surface area contributed by atoms with Crippen LogP contribution in [-0.2, 0) is 26.2 Å². The maximum atomic E-state index is 2.70. The minimum atomic E-state index is -1.26. The van der Waals surface area contributed by atoms with Gasteiger partial charge in [0.1, 0.15) is 0 Å². The summed E-state index contributed by atoms with van der Waals surface area (Å²) in [5.41, 5.74) is 5.57. The Bertz CT molecular complexity index is 514. The second-order valence-corrected chi connectivity index (χ2v) is 13.2. The quantitative estimate of drug-likeness (QED) is 0.513. The van der Waals surface area contributed by atoms with E-state index in [-0.39, 0.29) is 51.0 Å². The first-order valence-electron chi connectivity index (χ1n) is 8.91. The van der Waals surface area contributed by atoms with Crippen molar-refractivity contribution in [3.05, 3.63) is 47.6 Å². The maximum absolute atomic E-state index is 2.70. The molecule has 0 bridgehead atoms. The predicted octanol–water partition coefficient (Wildman–Crippen LogP) is 0.0333. The van der Waals surface area contributed by atoms with Gasteiger partial charge < -0.3 is 24.8 Å². The van der Waals surface area contributed by atoms with Crippen molar-refractivity contribution in [3.63, 3.8) is 0 Å². The van der Waals surface area contributed by atoms with Gasteiger partial charge in [-0.05, 0) is 61.4 Å². The van der Waals surface area contributed by atoms with E-state index in [1.54, 1.807) is 0 Å². The van der Waals surface area contributed by atoms with E-state index in [9.17, 15) is 0 Å². The van der Waals surface area contributed by atoms with Crippen LogP contribution in [0.3, 0.4) is 0 Å². The molecule has 4 aliphatic rings. The summed E-state index contributed by atoms with van der Waals surface area (Å²) in [6, 6.07) is 0. The number of rotatable bonds is 2. The Labute approximate surface area is 180 Å². The monoisotopic (exact) mass is 456 g/mol. The second-order valence-electron chi connectivity index (χ2n) is 8.14. The zero-order valence-corrected chi connectivity index (χ0v) is 19.7. The summed E-state index contributed by atoms with van der Waals surface area (Å²) in [6.07, 6.45) is 22.9. The van der Waals surface area contributed by atoms with Gasteiger partial charge in [-0.2, -0.15) is 0 Å². The van der Waals surface area contributed by atoms with Crippen LogP contribution in [0.4, 0.5) is 0 Å². The Morgan fingerprint density at radius 2 is 1.17 bits per heavy atom. The van der Waals surface area contributed by atoms with Crippen LogP contribution in [0.1, 0.15) is 38.5 Å². The van der Waals surface area contributed by atoms with E-state index in [2.05, 4.69) is 49.6 Å². The number of fused-ring (bicyclic) bond motifs is 2. The van der Waals surface area contributed by atoms with Crippen LogP contribution < -0.4 is 24.8 Å². The van der Waals surface area contributed by atoms with Crippen molar-refractivity contribution in [2.75, 3.05) is 0 Å². The van der Waals surface area contributed by atoms with Gasteiger partial charge in [0.15, 0.2) is 0 Å². The fourth-order valence-electron chi connectivity index (χ4n) is 5.67. The van der Waals surface area contributed by atoms with Crippen molar-refractivity contribution in [2.24, 2.45) is 11.8 Å². The molecule has 0 amide bonds. The van der Waals surface area contributed by atoms with Gasteiger partial charge in [-0.3, -0.25) is 0 Å². The number of hydrogen-bond donors (Lipinski definition) is 0. The molecule has 4 rings (SSSR count). The minimum absolute atomic E-state index is 0. The van der Waals surface area contributed by atoms with Crippen LogP contribution in [0.5, 0.6) is 0 Å². The molecule has 0 spiro atoms. The standard InChI is InChI=1S/C20H28Si.2ClH.Zr/c1-21(2,19-13-11-15-7-3-5-9-17(15)19)20-14-12-16-8-4-6-10-18(16)20;;;/h3-6,9-10,15-16,19-20H,7-8,11-14H2,1-2H3;2*1H;/q;;;+2/p-2. The van der Waals surface area contributed by atoms with E-state index in [1.165, 1.54) is 38.5 Å². The van der Waals surface area contributed by atoms with E-state index in [0.717, 1.165) is 22.9 Å². The fraction of sp³-hybridized carbons (Fsp3) is 0.600. The van der Waals surface area contributed by atoms with E-state index in [0.29, 0.717) is 0 Å². The molecular formula is C20H28Cl2SiZr. The van der Waals surface area contributed by atoms with Crippen molar-refractivity contribution < 1.29 is 51.0 Å². The van der Waals surface area contributed by atoms with Gasteiger partial charge in [0.25, 0.3) is 0 Å². The molecule has 0 N–H and O–H groups in total. The molecule has 0 aromatic heterocycles. The first kappa shape index (κ1) is 22.7. The van der Waals surface area contributed by atoms with Crippen molar-refractivity contribution >= 4 is 8.07 Å². The third-order valence-corrected chi connectivity index (χ3v) is 11.7. The smallest absolute Gasteiger partial charge is 1.00 e. The summed E-state index contributed by atoms with van der Waals surface area (Å²) < 4.78 is 0. The number of halogens is 2. The Kier molecular flexibility index (Phi) is 8.53. The molecule has 2 fully saturated rings. The molecule has 2 saturated carbocycles. The van der Waals surface area contributed by atoms with Crippen molar-refractivity contribution in [2.45, 2.75) is 62.7 Å². The van der Waals surface area contributed by atoms with E-state index in [4.69, 9.17) is 0 Å². The summed E-state index contributed by atoms with van der Waals surface area (Å²) in [5, 5.41) is 0.